The maximum Gasteiger partial charge on any atom is 0.330 e. The predicted molar refractivity (Wildman–Crippen MR) is 78.1 cm³/mol. The van der Waals surface area contributed by atoms with E-state index in [1.165, 1.54) is 11.3 Å². The Hall–Kier alpha value is -2.14. The first kappa shape index (κ1) is 14.3. The van der Waals surface area contributed by atoms with E-state index >= 15 is 0 Å². The van der Waals surface area contributed by atoms with Gasteiger partial charge in [0.2, 0.25) is 0 Å². The molecule has 0 unspecified atom stereocenters. The van der Waals surface area contributed by atoms with Crippen LogP contribution in [0.1, 0.15) is 31.7 Å². The quantitative estimate of drug-likeness (QED) is 0.909. The smallest absolute Gasteiger partial charge is 0.330 e. The molecule has 0 aliphatic heterocycles. The molecule has 20 heavy (non-hydrogen) atoms. The van der Waals surface area contributed by atoms with Crippen LogP contribution in [0, 0.1) is 13.8 Å². The number of benzene rings is 1. The molecule has 0 fully saturated rings. The zero-order valence-corrected chi connectivity index (χ0v) is 12.0. The van der Waals surface area contributed by atoms with E-state index in [2.05, 4.69) is 5.32 Å². The van der Waals surface area contributed by atoms with Gasteiger partial charge >= 0.3 is 5.97 Å². The Morgan fingerprint density at radius 2 is 1.85 bits per heavy atom. The van der Waals surface area contributed by atoms with Crippen LogP contribution < -0.4 is 5.32 Å². The van der Waals surface area contributed by atoms with Gasteiger partial charge in [-0.2, -0.15) is 0 Å². The van der Waals surface area contributed by atoms with Gasteiger partial charge in [0, 0.05) is 4.88 Å². The van der Waals surface area contributed by atoms with Crippen LogP contribution in [-0.2, 0) is 4.79 Å². The number of carboxylic acid groups (broad SMARTS) is 1. The normalized spacial score (nSPS) is 11.9. The molecule has 1 amide bonds. The van der Waals surface area contributed by atoms with Crippen LogP contribution in [0.3, 0.4) is 0 Å². The molecule has 5 heteroatoms. The number of carbonyl (C=O) groups excluding carboxylic acids is 1. The van der Waals surface area contributed by atoms with E-state index in [1.807, 2.05) is 13.8 Å². The molecule has 0 bridgehead atoms. The van der Waals surface area contributed by atoms with Gasteiger partial charge in [-0.3, -0.25) is 4.79 Å². The number of aliphatic carboxylic acids is 1. The molecule has 0 spiro atoms. The molecule has 1 aromatic carbocycles. The summed E-state index contributed by atoms with van der Waals surface area (Å²) >= 11 is 1.37. The van der Waals surface area contributed by atoms with Crippen molar-refractivity contribution in [1.29, 1.82) is 0 Å². The Morgan fingerprint density at radius 1 is 1.20 bits per heavy atom. The monoisotopic (exact) mass is 289 g/mol. The maximum atomic E-state index is 12.1. The molecular formula is C15H15NO3S. The van der Waals surface area contributed by atoms with Crippen molar-refractivity contribution in [2.45, 2.75) is 19.9 Å². The van der Waals surface area contributed by atoms with Crippen LogP contribution in [-0.4, -0.2) is 17.0 Å². The number of thiophene rings is 1. The highest BCUT2D eigenvalue weighted by molar-refractivity contribution is 7.14. The Labute approximate surface area is 121 Å². The first-order valence-corrected chi connectivity index (χ1v) is 6.96. The molecule has 0 saturated carbocycles. The molecule has 2 N–H and O–H groups in total. The number of hydrogen-bond acceptors (Lipinski definition) is 3. The van der Waals surface area contributed by atoms with Crippen molar-refractivity contribution in [3.63, 3.8) is 0 Å². The summed E-state index contributed by atoms with van der Waals surface area (Å²) in [5.74, 6) is -1.43. The third kappa shape index (κ3) is 3.05. The summed E-state index contributed by atoms with van der Waals surface area (Å²) in [4.78, 5) is 25.0. The van der Waals surface area contributed by atoms with Crippen molar-refractivity contribution in [2.24, 2.45) is 0 Å². The van der Waals surface area contributed by atoms with Crippen molar-refractivity contribution < 1.29 is 14.7 Å². The van der Waals surface area contributed by atoms with Crippen molar-refractivity contribution in [3.05, 3.63) is 57.3 Å². The van der Waals surface area contributed by atoms with Crippen LogP contribution in [0.25, 0.3) is 0 Å². The molecule has 2 aromatic rings. The van der Waals surface area contributed by atoms with E-state index in [-0.39, 0.29) is 5.91 Å². The van der Waals surface area contributed by atoms with Gasteiger partial charge in [0.05, 0.1) is 4.88 Å². The standard InChI is InChI=1S/C15H15NO3S/c1-9-8-12(20-10(9)2)14(17)16-13(15(18)19)11-6-4-3-5-7-11/h3-8,13H,1-2H3,(H,16,17)(H,18,19)/t13-/m0/s1. The summed E-state index contributed by atoms with van der Waals surface area (Å²) in [6, 6.07) is 9.41. The minimum Gasteiger partial charge on any atom is -0.479 e. The van der Waals surface area contributed by atoms with Gasteiger partial charge in [-0.05, 0) is 31.0 Å². The van der Waals surface area contributed by atoms with Crippen LogP contribution in [0.5, 0.6) is 0 Å². The Morgan fingerprint density at radius 3 is 2.35 bits per heavy atom. The minimum atomic E-state index is -1.07. The van der Waals surface area contributed by atoms with Crippen molar-refractivity contribution >= 4 is 23.2 Å². The summed E-state index contributed by atoms with van der Waals surface area (Å²) in [5, 5.41) is 11.8. The fraction of sp³-hybridized carbons (Fsp3) is 0.200. The second kappa shape index (κ2) is 5.88. The van der Waals surface area contributed by atoms with Gasteiger partial charge in [-0.25, -0.2) is 4.79 Å². The lowest BCUT2D eigenvalue weighted by molar-refractivity contribution is -0.139. The first-order valence-electron chi connectivity index (χ1n) is 6.14. The third-order valence-corrected chi connectivity index (χ3v) is 4.20. The lowest BCUT2D eigenvalue weighted by atomic mass is 10.1. The van der Waals surface area contributed by atoms with E-state index in [9.17, 15) is 14.7 Å². The number of amides is 1. The third-order valence-electron chi connectivity index (χ3n) is 3.05. The first-order chi connectivity index (χ1) is 9.49. The molecular weight excluding hydrogens is 274 g/mol. The van der Waals surface area contributed by atoms with Gasteiger partial charge in [-0.15, -0.1) is 11.3 Å². The number of carbonyl (C=O) groups is 2. The minimum absolute atomic E-state index is 0.359. The highest BCUT2D eigenvalue weighted by atomic mass is 32.1. The summed E-state index contributed by atoms with van der Waals surface area (Å²) in [6.07, 6.45) is 0. The molecule has 0 aliphatic rings. The Kier molecular flexibility index (Phi) is 4.20. The predicted octanol–water partition coefficient (Wildman–Crippen LogP) is 2.92. The van der Waals surface area contributed by atoms with Crippen LogP contribution in [0.4, 0.5) is 0 Å². The van der Waals surface area contributed by atoms with E-state index < -0.39 is 12.0 Å². The number of nitrogens with one attached hydrogen (secondary N) is 1. The highest BCUT2D eigenvalue weighted by Gasteiger charge is 2.23. The molecule has 0 saturated heterocycles. The van der Waals surface area contributed by atoms with Gasteiger partial charge in [0.25, 0.3) is 5.91 Å². The van der Waals surface area contributed by atoms with Crippen LogP contribution in [0.2, 0.25) is 0 Å². The summed E-state index contributed by atoms with van der Waals surface area (Å²) < 4.78 is 0. The molecule has 1 aromatic heterocycles. The number of hydrogen-bond donors (Lipinski definition) is 2. The van der Waals surface area contributed by atoms with E-state index in [0.29, 0.717) is 10.4 Å². The number of rotatable bonds is 4. The van der Waals surface area contributed by atoms with Gasteiger partial charge < -0.3 is 10.4 Å². The fourth-order valence-electron chi connectivity index (χ4n) is 1.82. The van der Waals surface area contributed by atoms with Gasteiger partial charge in [0.1, 0.15) is 0 Å². The molecule has 0 radical (unpaired) electrons. The van der Waals surface area contributed by atoms with E-state index in [4.69, 9.17) is 0 Å². The van der Waals surface area contributed by atoms with Gasteiger partial charge in [0.15, 0.2) is 6.04 Å². The number of carboxylic acids is 1. The largest absolute Gasteiger partial charge is 0.479 e. The van der Waals surface area contributed by atoms with Crippen LogP contribution >= 0.6 is 11.3 Å². The maximum absolute atomic E-state index is 12.1. The topological polar surface area (TPSA) is 66.4 Å². The molecule has 4 nitrogen and oxygen atoms in total. The SMILES string of the molecule is Cc1cc(C(=O)N[C@H](C(=O)O)c2ccccc2)sc1C. The zero-order chi connectivity index (χ0) is 14.7. The second-order valence-corrected chi connectivity index (χ2v) is 5.76. The average molecular weight is 289 g/mol. The number of aryl methyl sites for hydroxylation is 2. The van der Waals surface area contributed by atoms with Crippen molar-refractivity contribution in [2.75, 3.05) is 0 Å². The highest BCUT2D eigenvalue weighted by Crippen LogP contribution is 2.22. The summed E-state index contributed by atoms with van der Waals surface area (Å²) in [7, 11) is 0. The molecule has 104 valence electrons. The molecule has 1 heterocycles. The average Bonchev–Trinajstić information content (AvgIpc) is 2.76. The van der Waals surface area contributed by atoms with E-state index in [0.717, 1.165) is 10.4 Å². The fourth-order valence-corrected chi connectivity index (χ4v) is 2.76. The second-order valence-electron chi connectivity index (χ2n) is 4.51. The zero-order valence-electron chi connectivity index (χ0n) is 11.2. The Balaban J connectivity index is 2.21. The lowest BCUT2D eigenvalue weighted by Gasteiger charge is -2.14. The molecule has 1 atom stereocenters. The summed E-state index contributed by atoms with van der Waals surface area (Å²) in [6.45, 7) is 3.86. The summed E-state index contributed by atoms with van der Waals surface area (Å²) in [5.41, 5.74) is 1.59. The molecule has 0 aliphatic carbocycles. The van der Waals surface area contributed by atoms with E-state index in [1.54, 1.807) is 36.4 Å². The lowest BCUT2D eigenvalue weighted by Crippen LogP contribution is -2.33. The van der Waals surface area contributed by atoms with Crippen LogP contribution in [0.15, 0.2) is 36.4 Å². The van der Waals surface area contributed by atoms with Gasteiger partial charge in [-0.1, -0.05) is 30.3 Å². The van der Waals surface area contributed by atoms with Crippen molar-refractivity contribution in [1.82, 2.24) is 5.32 Å². The molecule has 2 rings (SSSR count). The van der Waals surface area contributed by atoms with Crippen molar-refractivity contribution in [3.8, 4) is 0 Å². The Bertz CT molecular complexity index is 614.